The van der Waals surface area contributed by atoms with Gasteiger partial charge in [-0.15, -0.1) is 0 Å². The Morgan fingerprint density at radius 1 is 1.13 bits per heavy atom. The molecule has 0 saturated carbocycles. The highest BCUT2D eigenvalue weighted by Gasteiger charge is 2.34. The lowest BCUT2D eigenvalue weighted by atomic mass is 9.96. The van der Waals surface area contributed by atoms with Gasteiger partial charge in [-0.25, -0.2) is 0 Å². The minimum Gasteiger partial charge on any atom is -0.356 e. The van der Waals surface area contributed by atoms with Gasteiger partial charge in [-0.3, -0.25) is 24.1 Å². The standard InChI is InChI=1S/C21H25Cl2N3O4S/c1-21(2,3)19(29)25-9-5-8-16(27)24-10-11-26-18(28)15(31-20(26)30)12-13-6-4-7-14(22)17(13)23/h4,6-7,12H,5,8-11H2,1-3H3,(H,24,27)(H,25,29)/b15-12-. The molecule has 7 nitrogen and oxygen atoms in total. The second kappa shape index (κ2) is 11.0. The number of imide groups is 1. The van der Waals surface area contributed by atoms with Crippen molar-refractivity contribution in [2.75, 3.05) is 19.6 Å². The van der Waals surface area contributed by atoms with Gasteiger partial charge in [-0.1, -0.05) is 56.1 Å². The minimum absolute atomic E-state index is 0.0672. The summed E-state index contributed by atoms with van der Waals surface area (Å²) in [5.74, 6) is -0.720. The van der Waals surface area contributed by atoms with Crippen molar-refractivity contribution < 1.29 is 19.2 Å². The summed E-state index contributed by atoms with van der Waals surface area (Å²) in [7, 11) is 0. The van der Waals surface area contributed by atoms with Crippen molar-refractivity contribution >= 4 is 64.0 Å². The van der Waals surface area contributed by atoms with Crippen molar-refractivity contribution in [1.82, 2.24) is 15.5 Å². The van der Waals surface area contributed by atoms with E-state index in [1.165, 1.54) is 6.08 Å². The second-order valence-corrected chi connectivity index (χ2v) is 9.71. The Labute approximate surface area is 195 Å². The molecule has 0 aromatic heterocycles. The third-order valence-electron chi connectivity index (χ3n) is 4.35. The summed E-state index contributed by atoms with van der Waals surface area (Å²) in [4.78, 5) is 49.8. The van der Waals surface area contributed by atoms with Crippen LogP contribution in [-0.4, -0.2) is 47.5 Å². The lowest BCUT2D eigenvalue weighted by molar-refractivity contribution is -0.128. The van der Waals surface area contributed by atoms with Crippen molar-refractivity contribution in [1.29, 1.82) is 0 Å². The summed E-state index contributed by atoms with van der Waals surface area (Å²) in [5, 5.41) is 5.72. The summed E-state index contributed by atoms with van der Waals surface area (Å²) < 4.78 is 0. The molecule has 2 N–H and O–H groups in total. The van der Waals surface area contributed by atoms with E-state index in [4.69, 9.17) is 23.2 Å². The Balaban J connectivity index is 1.78. The Hall–Kier alpha value is -2.03. The molecule has 1 aliphatic rings. The number of halogens is 2. The molecule has 0 aliphatic carbocycles. The van der Waals surface area contributed by atoms with Crippen LogP contribution in [0.25, 0.3) is 6.08 Å². The van der Waals surface area contributed by atoms with E-state index in [0.717, 1.165) is 16.7 Å². The van der Waals surface area contributed by atoms with Crippen LogP contribution in [0.1, 0.15) is 39.2 Å². The molecule has 0 bridgehead atoms. The molecule has 1 aromatic carbocycles. The predicted molar refractivity (Wildman–Crippen MR) is 124 cm³/mol. The van der Waals surface area contributed by atoms with Gasteiger partial charge in [-0.2, -0.15) is 0 Å². The topological polar surface area (TPSA) is 95.6 Å². The highest BCUT2D eigenvalue weighted by Crippen LogP contribution is 2.34. The van der Waals surface area contributed by atoms with E-state index >= 15 is 0 Å². The molecule has 1 fully saturated rings. The Morgan fingerprint density at radius 2 is 1.84 bits per heavy atom. The number of benzene rings is 1. The van der Waals surface area contributed by atoms with Crippen molar-refractivity contribution in [3.63, 3.8) is 0 Å². The van der Waals surface area contributed by atoms with Gasteiger partial charge in [0.15, 0.2) is 0 Å². The molecule has 31 heavy (non-hydrogen) atoms. The number of nitrogens with zero attached hydrogens (tertiary/aromatic N) is 1. The molecule has 0 unspecified atom stereocenters. The summed E-state index contributed by atoms with van der Waals surface area (Å²) in [6, 6.07) is 5.04. The van der Waals surface area contributed by atoms with Gasteiger partial charge in [0.2, 0.25) is 11.8 Å². The van der Waals surface area contributed by atoms with E-state index in [0.29, 0.717) is 28.6 Å². The van der Waals surface area contributed by atoms with Crippen LogP contribution in [0, 0.1) is 5.41 Å². The maximum Gasteiger partial charge on any atom is 0.293 e. The maximum absolute atomic E-state index is 12.5. The summed E-state index contributed by atoms with van der Waals surface area (Å²) in [6.45, 7) is 6.08. The minimum atomic E-state index is -0.472. The van der Waals surface area contributed by atoms with Gasteiger partial charge in [0.05, 0.1) is 15.0 Å². The molecule has 1 aromatic rings. The van der Waals surface area contributed by atoms with Crippen LogP contribution >= 0.6 is 35.0 Å². The molecular formula is C21H25Cl2N3O4S. The fourth-order valence-electron chi connectivity index (χ4n) is 2.58. The van der Waals surface area contributed by atoms with E-state index in [9.17, 15) is 19.2 Å². The van der Waals surface area contributed by atoms with Gasteiger partial charge >= 0.3 is 0 Å². The fourth-order valence-corrected chi connectivity index (χ4v) is 3.80. The smallest absolute Gasteiger partial charge is 0.293 e. The zero-order valence-corrected chi connectivity index (χ0v) is 19.9. The number of rotatable bonds is 8. The number of amides is 4. The molecule has 2 rings (SSSR count). The van der Waals surface area contributed by atoms with Crippen LogP contribution in [-0.2, 0) is 14.4 Å². The van der Waals surface area contributed by atoms with Crippen LogP contribution in [0.2, 0.25) is 10.0 Å². The monoisotopic (exact) mass is 485 g/mol. The zero-order valence-electron chi connectivity index (χ0n) is 17.6. The molecule has 0 spiro atoms. The summed E-state index contributed by atoms with van der Waals surface area (Å²) >= 11 is 12.9. The first-order valence-electron chi connectivity index (χ1n) is 9.75. The average molecular weight is 486 g/mol. The van der Waals surface area contributed by atoms with Crippen LogP contribution in [0.4, 0.5) is 4.79 Å². The molecule has 1 saturated heterocycles. The summed E-state index contributed by atoms with van der Waals surface area (Å²) in [6.07, 6.45) is 2.27. The molecule has 168 valence electrons. The Kier molecular flexibility index (Phi) is 8.97. The van der Waals surface area contributed by atoms with Crippen LogP contribution < -0.4 is 10.6 Å². The highest BCUT2D eigenvalue weighted by atomic mass is 35.5. The zero-order chi connectivity index (χ0) is 23.2. The normalized spacial score (nSPS) is 15.5. The molecule has 0 radical (unpaired) electrons. The van der Waals surface area contributed by atoms with Gasteiger partial charge in [0.25, 0.3) is 11.1 Å². The first kappa shape index (κ1) is 25.2. The molecule has 1 aliphatic heterocycles. The lowest BCUT2D eigenvalue weighted by Crippen LogP contribution is -2.38. The van der Waals surface area contributed by atoms with Gasteiger partial charge in [0, 0.05) is 31.5 Å². The quantitative estimate of drug-likeness (QED) is 0.426. The van der Waals surface area contributed by atoms with Crippen LogP contribution in [0.15, 0.2) is 23.1 Å². The van der Waals surface area contributed by atoms with Gasteiger partial charge < -0.3 is 10.6 Å². The molecular weight excluding hydrogens is 461 g/mol. The Bertz CT molecular complexity index is 912. The number of hydrogen-bond donors (Lipinski definition) is 2. The number of carbonyl (C=O) groups excluding carboxylic acids is 4. The van der Waals surface area contributed by atoms with Crippen molar-refractivity contribution in [2.24, 2.45) is 5.41 Å². The van der Waals surface area contributed by atoms with E-state index in [1.54, 1.807) is 18.2 Å². The number of nitrogens with one attached hydrogen (secondary N) is 2. The van der Waals surface area contributed by atoms with Gasteiger partial charge in [0.1, 0.15) is 0 Å². The third-order valence-corrected chi connectivity index (χ3v) is 6.09. The SMILES string of the molecule is CC(C)(C)C(=O)NCCCC(=O)NCCN1C(=O)S/C(=C\c2cccc(Cl)c2Cl)C1=O. The molecule has 4 amide bonds. The van der Waals surface area contributed by atoms with Crippen molar-refractivity contribution in [3.05, 3.63) is 38.7 Å². The predicted octanol–water partition coefficient (Wildman–Crippen LogP) is 4.09. The van der Waals surface area contributed by atoms with Crippen molar-refractivity contribution in [3.8, 4) is 0 Å². The Morgan fingerprint density at radius 3 is 2.52 bits per heavy atom. The van der Waals surface area contributed by atoms with Crippen molar-refractivity contribution in [2.45, 2.75) is 33.6 Å². The fraction of sp³-hybridized carbons (Fsp3) is 0.429. The van der Waals surface area contributed by atoms with E-state index in [-0.39, 0.29) is 36.2 Å². The van der Waals surface area contributed by atoms with E-state index < -0.39 is 16.6 Å². The third kappa shape index (κ3) is 7.26. The van der Waals surface area contributed by atoms with Crippen LogP contribution in [0.5, 0.6) is 0 Å². The lowest BCUT2D eigenvalue weighted by Gasteiger charge is -2.17. The largest absolute Gasteiger partial charge is 0.356 e. The number of hydrogen-bond acceptors (Lipinski definition) is 5. The highest BCUT2D eigenvalue weighted by molar-refractivity contribution is 8.18. The summed E-state index contributed by atoms with van der Waals surface area (Å²) in [5.41, 5.74) is 0.0760. The van der Waals surface area contributed by atoms with Crippen LogP contribution in [0.3, 0.4) is 0 Å². The molecule has 0 atom stereocenters. The van der Waals surface area contributed by atoms with E-state index in [2.05, 4.69) is 10.6 Å². The first-order chi connectivity index (χ1) is 14.5. The van der Waals surface area contributed by atoms with E-state index in [1.807, 2.05) is 20.8 Å². The molecule has 1 heterocycles. The average Bonchev–Trinajstić information content (AvgIpc) is 2.95. The maximum atomic E-state index is 12.5. The van der Waals surface area contributed by atoms with Gasteiger partial charge in [-0.05, 0) is 35.9 Å². The number of carbonyl (C=O) groups is 4. The molecule has 10 heteroatoms. The second-order valence-electron chi connectivity index (χ2n) is 7.94. The number of thioether (sulfide) groups is 1. The first-order valence-corrected chi connectivity index (χ1v) is 11.3.